The minimum atomic E-state index is 0.503. The fourth-order valence-corrected chi connectivity index (χ4v) is 2.50. The van der Waals surface area contributed by atoms with Crippen molar-refractivity contribution in [3.63, 3.8) is 0 Å². The van der Waals surface area contributed by atoms with Gasteiger partial charge in [0.05, 0.1) is 6.20 Å². The van der Waals surface area contributed by atoms with Gasteiger partial charge in [0, 0.05) is 17.3 Å². The number of anilines is 3. The Labute approximate surface area is 152 Å². The molecule has 5 nitrogen and oxygen atoms in total. The second-order valence-corrected chi connectivity index (χ2v) is 6.33. The maximum Gasteiger partial charge on any atom is 0.244 e. The maximum atomic E-state index is 5.89. The van der Waals surface area contributed by atoms with Gasteiger partial charge in [-0.25, -0.2) is 0 Å². The lowest BCUT2D eigenvalue weighted by Crippen LogP contribution is -2.09. The molecule has 0 saturated carbocycles. The Balaban J connectivity index is 1.59. The van der Waals surface area contributed by atoms with Crippen molar-refractivity contribution >= 4 is 29.1 Å². The van der Waals surface area contributed by atoms with Crippen LogP contribution in [0, 0.1) is 13.8 Å². The van der Waals surface area contributed by atoms with E-state index in [2.05, 4.69) is 51.8 Å². The van der Waals surface area contributed by atoms with E-state index >= 15 is 0 Å². The van der Waals surface area contributed by atoms with Gasteiger partial charge in [-0.15, -0.1) is 5.10 Å². The maximum absolute atomic E-state index is 5.89. The van der Waals surface area contributed by atoms with Crippen molar-refractivity contribution in [2.75, 3.05) is 17.2 Å². The van der Waals surface area contributed by atoms with Gasteiger partial charge < -0.3 is 10.6 Å². The van der Waals surface area contributed by atoms with E-state index in [1.165, 1.54) is 16.7 Å². The summed E-state index contributed by atoms with van der Waals surface area (Å²) in [5.41, 5.74) is 4.68. The zero-order chi connectivity index (χ0) is 17.6. The van der Waals surface area contributed by atoms with Gasteiger partial charge in [0.2, 0.25) is 5.95 Å². The summed E-state index contributed by atoms with van der Waals surface area (Å²) in [6, 6.07) is 14.0. The first-order valence-electron chi connectivity index (χ1n) is 8.12. The van der Waals surface area contributed by atoms with Crippen LogP contribution in [0.1, 0.15) is 16.7 Å². The first-order chi connectivity index (χ1) is 12.1. The van der Waals surface area contributed by atoms with Gasteiger partial charge >= 0.3 is 0 Å². The molecule has 0 saturated heterocycles. The van der Waals surface area contributed by atoms with Crippen LogP contribution in [-0.2, 0) is 6.42 Å². The lowest BCUT2D eigenvalue weighted by molar-refractivity contribution is 0.929. The van der Waals surface area contributed by atoms with Crippen molar-refractivity contribution in [2.24, 2.45) is 0 Å². The van der Waals surface area contributed by atoms with Gasteiger partial charge in [0.1, 0.15) is 0 Å². The molecule has 0 unspecified atom stereocenters. The second kappa shape index (κ2) is 7.94. The molecule has 128 valence electrons. The molecule has 1 heterocycles. The third-order valence-electron chi connectivity index (χ3n) is 3.95. The molecule has 0 fully saturated rings. The Bertz CT molecular complexity index is 849. The fraction of sp³-hybridized carbons (Fsp3) is 0.211. The van der Waals surface area contributed by atoms with E-state index in [1.807, 2.05) is 30.3 Å². The number of hydrogen-bond acceptors (Lipinski definition) is 5. The van der Waals surface area contributed by atoms with Crippen LogP contribution in [0.3, 0.4) is 0 Å². The van der Waals surface area contributed by atoms with Gasteiger partial charge in [-0.1, -0.05) is 29.8 Å². The lowest BCUT2D eigenvalue weighted by atomic mass is 10.1. The summed E-state index contributed by atoms with van der Waals surface area (Å²) >= 11 is 5.89. The van der Waals surface area contributed by atoms with Crippen LogP contribution in [0.25, 0.3) is 0 Å². The molecular weight excluding hydrogens is 334 g/mol. The molecule has 0 amide bonds. The highest BCUT2D eigenvalue weighted by molar-refractivity contribution is 6.30. The first kappa shape index (κ1) is 17.2. The number of nitrogens with zero attached hydrogens (tertiary/aromatic N) is 3. The number of aromatic nitrogens is 3. The van der Waals surface area contributed by atoms with Crippen LogP contribution >= 0.6 is 11.6 Å². The summed E-state index contributed by atoms with van der Waals surface area (Å²) in [5.74, 6) is 1.16. The Hall–Kier alpha value is -2.66. The summed E-state index contributed by atoms with van der Waals surface area (Å²) in [6.45, 7) is 4.90. The number of halogens is 1. The van der Waals surface area contributed by atoms with Crippen LogP contribution in [-0.4, -0.2) is 21.7 Å². The Morgan fingerprint density at radius 2 is 1.80 bits per heavy atom. The van der Waals surface area contributed by atoms with Crippen molar-refractivity contribution in [2.45, 2.75) is 20.3 Å². The average Bonchev–Trinajstić information content (AvgIpc) is 2.60. The molecule has 3 aromatic rings. The first-order valence-corrected chi connectivity index (χ1v) is 8.50. The number of aryl methyl sites for hydroxylation is 2. The lowest BCUT2D eigenvalue weighted by Gasteiger charge is -2.09. The molecule has 1 aromatic heterocycles. The predicted molar refractivity (Wildman–Crippen MR) is 103 cm³/mol. The molecule has 0 spiro atoms. The minimum absolute atomic E-state index is 0.503. The van der Waals surface area contributed by atoms with Crippen LogP contribution in [0.2, 0.25) is 5.02 Å². The van der Waals surface area contributed by atoms with Crippen LogP contribution in [0.15, 0.2) is 48.7 Å². The molecule has 0 aliphatic heterocycles. The number of nitrogens with one attached hydrogen (secondary N) is 2. The second-order valence-electron chi connectivity index (χ2n) is 5.89. The molecule has 0 bridgehead atoms. The molecular formula is C19H20ClN5. The van der Waals surface area contributed by atoms with Crippen LogP contribution in [0.4, 0.5) is 17.5 Å². The van der Waals surface area contributed by atoms with E-state index in [4.69, 9.17) is 11.6 Å². The molecule has 0 radical (unpaired) electrons. The summed E-state index contributed by atoms with van der Waals surface area (Å²) in [6.07, 6.45) is 2.47. The minimum Gasteiger partial charge on any atom is -0.353 e. The zero-order valence-electron chi connectivity index (χ0n) is 14.3. The van der Waals surface area contributed by atoms with Gasteiger partial charge in [0.25, 0.3) is 0 Å². The largest absolute Gasteiger partial charge is 0.353 e. The zero-order valence-corrected chi connectivity index (χ0v) is 15.0. The highest BCUT2D eigenvalue weighted by atomic mass is 35.5. The summed E-state index contributed by atoms with van der Waals surface area (Å²) in [7, 11) is 0. The average molecular weight is 354 g/mol. The van der Waals surface area contributed by atoms with E-state index in [0.717, 1.165) is 23.7 Å². The number of hydrogen-bond donors (Lipinski definition) is 2. The molecule has 0 aliphatic rings. The number of rotatable bonds is 6. The molecule has 6 heteroatoms. The summed E-state index contributed by atoms with van der Waals surface area (Å²) in [5, 5.41) is 15.2. The Morgan fingerprint density at radius 3 is 2.56 bits per heavy atom. The van der Waals surface area contributed by atoms with Crippen molar-refractivity contribution in [1.82, 2.24) is 15.2 Å². The number of benzene rings is 2. The smallest absolute Gasteiger partial charge is 0.244 e. The van der Waals surface area contributed by atoms with E-state index < -0.39 is 0 Å². The van der Waals surface area contributed by atoms with Gasteiger partial charge in [0.15, 0.2) is 5.82 Å². The van der Waals surface area contributed by atoms with Crippen LogP contribution < -0.4 is 10.6 Å². The van der Waals surface area contributed by atoms with Crippen molar-refractivity contribution in [3.05, 3.63) is 70.4 Å². The fourth-order valence-electron chi connectivity index (χ4n) is 2.38. The Kier molecular flexibility index (Phi) is 5.46. The van der Waals surface area contributed by atoms with Gasteiger partial charge in [-0.2, -0.15) is 10.1 Å². The Morgan fingerprint density at radius 1 is 1.00 bits per heavy atom. The summed E-state index contributed by atoms with van der Waals surface area (Å²) in [4.78, 5) is 4.45. The summed E-state index contributed by atoms with van der Waals surface area (Å²) < 4.78 is 0. The van der Waals surface area contributed by atoms with Gasteiger partial charge in [-0.3, -0.25) is 0 Å². The third kappa shape index (κ3) is 4.90. The van der Waals surface area contributed by atoms with Gasteiger partial charge in [-0.05, 0) is 61.2 Å². The van der Waals surface area contributed by atoms with Crippen molar-refractivity contribution in [3.8, 4) is 0 Å². The quantitative estimate of drug-likeness (QED) is 0.681. The predicted octanol–water partition coefficient (Wildman–Crippen LogP) is 4.54. The molecule has 2 aromatic carbocycles. The highest BCUT2D eigenvalue weighted by Gasteiger charge is 2.02. The van der Waals surface area contributed by atoms with E-state index in [1.54, 1.807) is 6.20 Å². The molecule has 3 rings (SSSR count). The molecule has 0 atom stereocenters. The molecule has 0 aliphatic carbocycles. The monoisotopic (exact) mass is 353 g/mol. The van der Waals surface area contributed by atoms with Crippen molar-refractivity contribution in [1.29, 1.82) is 0 Å². The topological polar surface area (TPSA) is 62.7 Å². The molecule has 25 heavy (non-hydrogen) atoms. The van der Waals surface area contributed by atoms with E-state index in [9.17, 15) is 0 Å². The normalized spacial score (nSPS) is 10.5. The molecule has 2 N–H and O–H groups in total. The highest BCUT2D eigenvalue weighted by Crippen LogP contribution is 2.18. The SMILES string of the molecule is Cc1ccc(Nc2cnnc(NCCc3ccc(Cl)cc3)n2)cc1C. The van der Waals surface area contributed by atoms with Crippen molar-refractivity contribution < 1.29 is 0 Å². The standard InChI is InChI=1S/C19H20ClN5/c1-13-3-8-17(11-14(13)2)23-18-12-22-25-19(24-18)21-10-9-15-4-6-16(20)7-5-15/h3-8,11-12H,9-10H2,1-2H3,(H2,21,23,24,25). The van der Waals surface area contributed by atoms with E-state index in [-0.39, 0.29) is 0 Å². The van der Waals surface area contributed by atoms with E-state index in [0.29, 0.717) is 11.8 Å². The van der Waals surface area contributed by atoms with Crippen LogP contribution in [0.5, 0.6) is 0 Å². The third-order valence-corrected chi connectivity index (χ3v) is 4.20.